The molecule has 258 valence electrons. The number of carbonyl (C=O) groups excluding carboxylic acids is 2. The number of carbonyl (C=O) groups is 2. The zero-order valence-electron chi connectivity index (χ0n) is 28.9. The Hall–Kier alpha value is -2.44. The zero-order chi connectivity index (χ0) is 33.2. The average molecular weight is 631 g/mol. The molecule has 1 unspecified atom stereocenters. The number of hydrogen-bond donors (Lipinski definition) is 2. The van der Waals surface area contributed by atoms with Gasteiger partial charge in [-0.2, -0.15) is 0 Å². The first-order valence-electron chi connectivity index (χ1n) is 17.8. The molecule has 0 fully saturated rings. The van der Waals surface area contributed by atoms with Gasteiger partial charge in [0.1, 0.15) is 19.3 Å². The third-order valence-corrected chi connectivity index (χ3v) is 7.30. The molecule has 2 N–H and O–H groups in total. The van der Waals surface area contributed by atoms with Gasteiger partial charge in [0.25, 0.3) is 0 Å². The first-order chi connectivity index (χ1) is 21.8. The number of unbranched alkanes of at least 4 members (excludes halogenated alkanes) is 9. The highest BCUT2D eigenvalue weighted by atomic mass is 16.6. The highest BCUT2D eigenvalue weighted by Gasteiger charge is 2.12. The molecular formula is C39H66O6. The summed E-state index contributed by atoms with van der Waals surface area (Å²) >= 11 is 0. The molecule has 0 aliphatic heterocycles. The highest BCUT2D eigenvalue weighted by Crippen LogP contribution is 2.14. The minimum Gasteiger partial charge on any atom is -0.463 e. The van der Waals surface area contributed by atoms with Crippen molar-refractivity contribution in [3.05, 3.63) is 60.8 Å². The fourth-order valence-corrected chi connectivity index (χ4v) is 4.59. The summed E-state index contributed by atoms with van der Waals surface area (Å²) in [6.07, 6.45) is 37.4. The van der Waals surface area contributed by atoms with Crippen LogP contribution < -0.4 is 0 Å². The Morgan fingerprint density at radius 2 is 1.04 bits per heavy atom. The molecule has 0 spiro atoms. The number of aliphatic hydroxyl groups excluding tert-OH is 2. The Morgan fingerprint density at radius 3 is 1.58 bits per heavy atom. The van der Waals surface area contributed by atoms with Gasteiger partial charge in [-0.15, -0.1) is 0 Å². The van der Waals surface area contributed by atoms with E-state index in [1.165, 1.54) is 51.4 Å². The van der Waals surface area contributed by atoms with E-state index in [0.717, 1.165) is 50.9 Å². The van der Waals surface area contributed by atoms with Gasteiger partial charge in [-0.1, -0.05) is 146 Å². The molecule has 0 aromatic carbocycles. The van der Waals surface area contributed by atoms with Gasteiger partial charge >= 0.3 is 11.9 Å². The molecule has 0 radical (unpaired) electrons. The van der Waals surface area contributed by atoms with Crippen molar-refractivity contribution in [1.82, 2.24) is 0 Å². The average Bonchev–Trinajstić information content (AvgIpc) is 3.01. The first-order valence-corrected chi connectivity index (χ1v) is 17.8. The second-order valence-corrected chi connectivity index (χ2v) is 12.3. The Morgan fingerprint density at radius 1 is 0.578 bits per heavy atom. The summed E-state index contributed by atoms with van der Waals surface area (Å²) in [5.74, 6) is 0.0482. The van der Waals surface area contributed by atoms with Gasteiger partial charge in [-0.25, -0.2) is 0 Å². The highest BCUT2D eigenvalue weighted by molar-refractivity contribution is 5.69. The summed E-state index contributed by atoms with van der Waals surface area (Å²) in [6.45, 7) is 6.32. The van der Waals surface area contributed by atoms with Crippen LogP contribution in [-0.4, -0.2) is 47.6 Å². The molecule has 0 saturated carbocycles. The third-order valence-electron chi connectivity index (χ3n) is 7.30. The molecule has 0 heterocycles. The topological polar surface area (TPSA) is 93.1 Å². The van der Waals surface area contributed by atoms with Gasteiger partial charge in [0.15, 0.2) is 0 Å². The number of allylic oxidation sites excluding steroid dienone is 9. The van der Waals surface area contributed by atoms with Crippen LogP contribution in [0.1, 0.15) is 143 Å². The second-order valence-electron chi connectivity index (χ2n) is 12.3. The lowest BCUT2D eigenvalue weighted by molar-refractivity contribution is -0.152. The number of rotatable bonds is 30. The predicted molar refractivity (Wildman–Crippen MR) is 188 cm³/mol. The molecule has 6 heteroatoms. The summed E-state index contributed by atoms with van der Waals surface area (Å²) in [6, 6.07) is 0. The lowest BCUT2D eigenvalue weighted by atomic mass is 10.0. The van der Waals surface area contributed by atoms with Crippen LogP contribution in [0.15, 0.2) is 60.8 Å². The number of ether oxygens (including phenoxy) is 2. The molecule has 0 saturated heterocycles. The van der Waals surface area contributed by atoms with Crippen LogP contribution in [0.5, 0.6) is 0 Å². The molecular weight excluding hydrogens is 564 g/mol. The van der Waals surface area contributed by atoms with Crippen molar-refractivity contribution in [2.75, 3.05) is 13.2 Å². The Kier molecular flexibility index (Phi) is 31.2. The molecule has 0 bridgehead atoms. The Bertz CT molecular complexity index is 838. The lowest BCUT2D eigenvalue weighted by Gasteiger charge is -2.12. The first kappa shape index (κ1) is 42.6. The Balaban J connectivity index is 3.68. The van der Waals surface area contributed by atoms with Gasteiger partial charge in [-0.3, -0.25) is 9.59 Å². The van der Waals surface area contributed by atoms with Gasteiger partial charge in [0.05, 0.1) is 6.10 Å². The van der Waals surface area contributed by atoms with E-state index in [1.54, 1.807) is 6.08 Å². The van der Waals surface area contributed by atoms with E-state index < -0.39 is 18.2 Å². The standard InChI is InChI=1S/C39H66O6/c1-4-5-6-7-8-9-10-11-12-16-19-22-25-29-36(40)30-27-32-39(43)45-34-37(41)33-44-38(42)31-26-23-20-17-14-13-15-18-21-24-28-35(2)3/h5-6,8-9,11-12,19,22,25,29,35-37,40-41H,4,7,10,13-18,20-21,23-24,26-28,30-34H2,1-3H3/b6-5-,9-8-,12-11-,22-19-,29-25+/t36?,37-/m1/s1. The fraction of sp³-hybridized carbons (Fsp3) is 0.692. The smallest absolute Gasteiger partial charge is 0.305 e. The van der Waals surface area contributed by atoms with E-state index in [0.29, 0.717) is 19.3 Å². The van der Waals surface area contributed by atoms with Gasteiger partial charge < -0.3 is 19.7 Å². The molecule has 0 aliphatic rings. The van der Waals surface area contributed by atoms with E-state index in [9.17, 15) is 19.8 Å². The third kappa shape index (κ3) is 34.3. The summed E-state index contributed by atoms with van der Waals surface area (Å²) in [7, 11) is 0. The molecule has 6 nitrogen and oxygen atoms in total. The van der Waals surface area contributed by atoms with Crippen LogP contribution in [0.3, 0.4) is 0 Å². The molecule has 45 heavy (non-hydrogen) atoms. The van der Waals surface area contributed by atoms with Crippen LogP contribution in [0.2, 0.25) is 0 Å². The van der Waals surface area contributed by atoms with E-state index >= 15 is 0 Å². The van der Waals surface area contributed by atoms with Crippen LogP contribution in [-0.2, 0) is 19.1 Å². The SMILES string of the molecule is CC/C=C\C/C=C\C/C=C\C/C=C\C=C\C(O)CCCC(=O)OC[C@H](O)COC(=O)CCCCCCCCCCCCC(C)C. The van der Waals surface area contributed by atoms with E-state index in [4.69, 9.17) is 9.47 Å². The predicted octanol–water partition coefficient (Wildman–Crippen LogP) is 9.66. The molecule has 2 atom stereocenters. The van der Waals surface area contributed by atoms with E-state index in [2.05, 4.69) is 57.2 Å². The van der Waals surface area contributed by atoms with Crippen molar-refractivity contribution in [2.24, 2.45) is 5.92 Å². The Labute approximate surface area is 275 Å². The van der Waals surface area contributed by atoms with E-state index in [-0.39, 0.29) is 25.6 Å². The molecule has 0 aliphatic carbocycles. The minimum atomic E-state index is -1.04. The van der Waals surface area contributed by atoms with Gasteiger partial charge in [0.2, 0.25) is 0 Å². The van der Waals surface area contributed by atoms with Crippen molar-refractivity contribution in [2.45, 2.75) is 155 Å². The summed E-state index contributed by atoms with van der Waals surface area (Å²) < 4.78 is 10.2. The largest absolute Gasteiger partial charge is 0.463 e. The summed E-state index contributed by atoms with van der Waals surface area (Å²) in [5, 5.41) is 20.0. The second kappa shape index (κ2) is 32.9. The summed E-state index contributed by atoms with van der Waals surface area (Å²) in [4.78, 5) is 23.9. The van der Waals surface area contributed by atoms with Crippen molar-refractivity contribution in [3.63, 3.8) is 0 Å². The van der Waals surface area contributed by atoms with Crippen molar-refractivity contribution in [3.8, 4) is 0 Å². The van der Waals surface area contributed by atoms with Crippen LogP contribution in [0.25, 0.3) is 0 Å². The molecule has 0 aromatic heterocycles. The van der Waals surface area contributed by atoms with Crippen molar-refractivity contribution >= 4 is 11.9 Å². The quantitative estimate of drug-likeness (QED) is 0.0355. The number of hydrogen-bond acceptors (Lipinski definition) is 6. The van der Waals surface area contributed by atoms with Crippen LogP contribution in [0, 0.1) is 5.92 Å². The number of aliphatic hydroxyl groups is 2. The maximum Gasteiger partial charge on any atom is 0.305 e. The zero-order valence-corrected chi connectivity index (χ0v) is 28.9. The minimum absolute atomic E-state index is 0.152. The van der Waals surface area contributed by atoms with Crippen LogP contribution in [0.4, 0.5) is 0 Å². The van der Waals surface area contributed by atoms with Crippen LogP contribution >= 0.6 is 0 Å². The van der Waals surface area contributed by atoms with Gasteiger partial charge in [0, 0.05) is 12.8 Å². The lowest BCUT2D eigenvalue weighted by Crippen LogP contribution is -2.25. The van der Waals surface area contributed by atoms with Crippen molar-refractivity contribution < 1.29 is 29.3 Å². The molecule has 0 rings (SSSR count). The maximum atomic E-state index is 11.9. The monoisotopic (exact) mass is 630 g/mol. The fourth-order valence-electron chi connectivity index (χ4n) is 4.59. The normalized spacial score (nSPS) is 13.7. The van der Waals surface area contributed by atoms with Crippen molar-refractivity contribution in [1.29, 1.82) is 0 Å². The van der Waals surface area contributed by atoms with E-state index in [1.807, 2.05) is 18.2 Å². The maximum absolute atomic E-state index is 11.9. The summed E-state index contributed by atoms with van der Waals surface area (Å²) in [5.41, 5.74) is 0. The van der Waals surface area contributed by atoms with Gasteiger partial charge in [-0.05, 0) is 50.9 Å². The number of esters is 2. The molecule has 0 amide bonds. The molecule has 0 aromatic rings.